The van der Waals surface area contributed by atoms with E-state index in [-0.39, 0.29) is 11.3 Å². The van der Waals surface area contributed by atoms with Crippen LogP contribution in [0, 0.1) is 6.92 Å². The number of aliphatic hydroxyl groups excluding tert-OH is 1. The standard InChI is InChI=1S/C25H27N5O3/c1-17-20(16-27-30(17)19-8-5-4-6-9-19)23(31)21-22(18-10-12-26-13-11-18)29(25(33)24(21)32)15-7-14-28(2)3/h4-6,8-13,16,22,31H,7,14-15H2,1-3H3/t22-/m0/s1. The van der Waals surface area contributed by atoms with Gasteiger partial charge in [-0.15, -0.1) is 0 Å². The fraction of sp³-hybridized carbons (Fsp3) is 0.280. The van der Waals surface area contributed by atoms with Crippen LogP contribution < -0.4 is 0 Å². The summed E-state index contributed by atoms with van der Waals surface area (Å²) in [6.07, 6.45) is 5.47. The zero-order valence-corrected chi connectivity index (χ0v) is 19.0. The fourth-order valence-electron chi connectivity index (χ4n) is 4.18. The van der Waals surface area contributed by atoms with E-state index < -0.39 is 17.7 Å². The van der Waals surface area contributed by atoms with Gasteiger partial charge >= 0.3 is 0 Å². The topological polar surface area (TPSA) is 91.6 Å². The van der Waals surface area contributed by atoms with Crippen molar-refractivity contribution in [1.82, 2.24) is 24.6 Å². The molecule has 1 aliphatic heterocycles. The summed E-state index contributed by atoms with van der Waals surface area (Å²) in [7, 11) is 3.92. The minimum atomic E-state index is -0.689. The van der Waals surface area contributed by atoms with Gasteiger partial charge in [0.05, 0.1) is 34.8 Å². The van der Waals surface area contributed by atoms with Crippen LogP contribution in [0.5, 0.6) is 0 Å². The maximum Gasteiger partial charge on any atom is 0.295 e. The molecule has 0 radical (unpaired) electrons. The molecule has 4 rings (SSSR count). The van der Waals surface area contributed by atoms with Gasteiger partial charge in [-0.05, 0) is 63.8 Å². The SMILES string of the molecule is Cc1c(C(O)=C2C(=O)C(=O)N(CCCN(C)C)[C@H]2c2ccncc2)cnn1-c1ccccc1. The lowest BCUT2D eigenvalue weighted by molar-refractivity contribution is -0.139. The van der Waals surface area contributed by atoms with E-state index in [4.69, 9.17) is 0 Å². The summed E-state index contributed by atoms with van der Waals surface area (Å²) < 4.78 is 1.70. The smallest absolute Gasteiger partial charge is 0.295 e. The number of carbonyl (C=O) groups is 2. The van der Waals surface area contributed by atoms with Crippen LogP contribution in [0.2, 0.25) is 0 Å². The van der Waals surface area contributed by atoms with Crippen LogP contribution in [0.3, 0.4) is 0 Å². The van der Waals surface area contributed by atoms with Crippen LogP contribution in [0.15, 0.2) is 66.6 Å². The highest BCUT2D eigenvalue weighted by Crippen LogP contribution is 2.39. The lowest BCUT2D eigenvalue weighted by Gasteiger charge is -2.25. The van der Waals surface area contributed by atoms with Crippen molar-refractivity contribution in [2.24, 2.45) is 0 Å². The van der Waals surface area contributed by atoms with E-state index in [1.165, 1.54) is 6.20 Å². The molecule has 1 fully saturated rings. The predicted octanol–water partition coefficient (Wildman–Crippen LogP) is 2.95. The Morgan fingerprint density at radius 3 is 2.45 bits per heavy atom. The molecule has 1 N–H and O–H groups in total. The van der Waals surface area contributed by atoms with Gasteiger partial charge in [-0.1, -0.05) is 18.2 Å². The Balaban J connectivity index is 1.79. The summed E-state index contributed by atoms with van der Waals surface area (Å²) in [6, 6.07) is 12.4. The number of para-hydroxylation sites is 1. The molecular formula is C25H27N5O3. The number of nitrogens with zero attached hydrogens (tertiary/aromatic N) is 5. The summed E-state index contributed by atoms with van der Waals surface area (Å²) in [5.74, 6) is -1.51. The lowest BCUT2D eigenvalue weighted by Crippen LogP contribution is -2.32. The number of likely N-dealkylation sites (tertiary alicyclic amines) is 1. The normalized spacial score (nSPS) is 17.8. The molecule has 0 spiro atoms. The monoisotopic (exact) mass is 445 g/mol. The van der Waals surface area contributed by atoms with E-state index in [1.807, 2.05) is 56.3 Å². The Labute approximate surface area is 192 Å². The minimum Gasteiger partial charge on any atom is -0.507 e. The van der Waals surface area contributed by atoms with Crippen molar-refractivity contribution in [3.05, 3.63) is 83.4 Å². The van der Waals surface area contributed by atoms with Crippen molar-refractivity contribution in [1.29, 1.82) is 0 Å². The number of aliphatic hydroxyl groups is 1. The van der Waals surface area contributed by atoms with Gasteiger partial charge in [0.25, 0.3) is 11.7 Å². The Hall–Kier alpha value is -3.78. The number of ketones is 1. The number of hydrogen-bond acceptors (Lipinski definition) is 6. The lowest BCUT2D eigenvalue weighted by atomic mass is 9.96. The third-order valence-electron chi connectivity index (χ3n) is 5.83. The maximum atomic E-state index is 13.1. The number of Topliss-reactive ketones (excluding diaryl/α,β-unsaturated/α-hetero) is 1. The summed E-state index contributed by atoms with van der Waals surface area (Å²) in [6.45, 7) is 2.99. The van der Waals surface area contributed by atoms with Gasteiger partial charge in [-0.2, -0.15) is 5.10 Å². The van der Waals surface area contributed by atoms with Crippen LogP contribution in [0.25, 0.3) is 11.4 Å². The summed E-state index contributed by atoms with van der Waals surface area (Å²) in [5, 5.41) is 15.7. The molecular weight excluding hydrogens is 418 g/mol. The first-order chi connectivity index (χ1) is 15.9. The molecule has 1 atom stereocenters. The Kier molecular flexibility index (Phi) is 6.37. The summed E-state index contributed by atoms with van der Waals surface area (Å²) in [4.78, 5) is 33.8. The highest BCUT2D eigenvalue weighted by molar-refractivity contribution is 6.46. The molecule has 170 valence electrons. The second-order valence-corrected chi connectivity index (χ2v) is 8.32. The molecule has 0 aliphatic carbocycles. The Morgan fingerprint density at radius 2 is 1.79 bits per heavy atom. The number of pyridine rings is 1. The van der Waals surface area contributed by atoms with Crippen molar-refractivity contribution in [2.45, 2.75) is 19.4 Å². The third-order valence-corrected chi connectivity index (χ3v) is 5.83. The first-order valence-corrected chi connectivity index (χ1v) is 10.8. The van der Waals surface area contributed by atoms with E-state index in [9.17, 15) is 14.7 Å². The number of amides is 1. The average Bonchev–Trinajstić information content (AvgIpc) is 3.32. The number of hydrogen-bond donors (Lipinski definition) is 1. The molecule has 8 nitrogen and oxygen atoms in total. The van der Waals surface area contributed by atoms with Gasteiger partial charge in [-0.25, -0.2) is 4.68 Å². The van der Waals surface area contributed by atoms with Crippen molar-refractivity contribution >= 4 is 17.4 Å². The fourth-order valence-corrected chi connectivity index (χ4v) is 4.18. The third kappa shape index (κ3) is 4.29. The molecule has 3 heterocycles. The molecule has 2 aromatic heterocycles. The van der Waals surface area contributed by atoms with E-state index in [2.05, 4.69) is 10.1 Å². The molecule has 33 heavy (non-hydrogen) atoms. The average molecular weight is 446 g/mol. The maximum absolute atomic E-state index is 13.1. The first kappa shape index (κ1) is 22.4. The highest BCUT2D eigenvalue weighted by atomic mass is 16.3. The van der Waals surface area contributed by atoms with E-state index in [0.717, 1.165) is 17.8 Å². The van der Waals surface area contributed by atoms with Gasteiger partial charge in [0.1, 0.15) is 5.76 Å². The molecule has 8 heteroatoms. The summed E-state index contributed by atoms with van der Waals surface area (Å²) >= 11 is 0. The zero-order valence-electron chi connectivity index (χ0n) is 19.0. The predicted molar refractivity (Wildman–Crippen MR) is 125 cm³/mol. The molecule has 1 aliphatic rings. The number of rotatable bonds is 7. The van der Waals surface area contributed by atoms with Crippen LogP contribution in [-0.4, -0.2) is 68.5 Å². The van der Waals surface area contributed by atoms with Crippen molar-refractivity contribution in [3.63, 3.8) is 0 Å². The summed E-state index contributed by atoms with van der Waals surface area (Å²) in [5.41, 5.74) is 2.73. The van der Waals surface area contributed by atoms with Crippen LogP contribution in [0.4, 0.5) is 0 Å². The Bertz CT molecular complexity index is 1190. The van der Waals surface area contributed by atoms with Crippen molar-refractivity contribution in [3.8, 4) is 5.69 Å². The molecule has 0 unspecified atom stereocenters. The molecule has 1 saturated heterocycles. The van der Waals surface area contributed by atoms with Gasteiger partial charge in [0, 0.05) is 18.9 Å². The molecule has 1 aromatic carbocycles. The highest BCUT2D eigenvalue weighted by Gasteiger charge is 2.46. The molecule has 3 aromatic rings. The second-order valence-electron chi connectivity index (χ2n) is 8.32. The number of carbonyl (C=O) groups excluding carboxylic acids is 2. The van der Waals surface area contributed by atoms with Crippen LogP contribution >= 0.6 is 0 Å². The number of benzene rings is 1. The van der Waals surface area contributed by atoms with E-state index >= 15 is 0 Å². The minimum absolute atomic E-state index is 0.0757. The largest absolute Gasteiger partial charge is 0.507 e. The van der Waals surface area contributed by atoms with Crippen molar-refractivity contribution in [2.75, 3.05) is 27.2 Å². The Morgan fingerprint density at radius 1 is 1.09 bits per heavy atom. The second kappa shape index (κ2) is 9.38. The first-order valence-electron chi connectivity index (χ1n) is 10.8. The quantitative estimate of drug-likeness (QED) is 0.342. The van der Waals surface area contributed by atoms with Crippen molar-refractivity contribution < 1.29 is 14.7 Å². The van der Waals surface area contributed by atoms with Gasteiger partial charge in [0.2, 0.25) is 0 Å². The van der Waals surface area contributed by atoms with Crippen LogP contribution in [-0.2, 0) is 9.59 Å². The molecule has 0 saturated carbocycles. The van der Waals surface area contributed by atoms with E-state index in [0.29, 0.717) is 24.2 Å². The van der Waals surface area contributed by atoms with Gasteiger partial charge < -0.3 is 14.9 Å². The van der Waals surface area contributed by atoms with Gasteiger partial charge in [-0.3, -0.25) is 14.6 Å². The van der Waals surface area contributed by atoms with E-state index in [1.54, 1.807) is 34.1 Å². The molecule has 0 bridgehead atoms. The van der Waals surface area contributed by atoms with Crippen LogP contribution in [0.1, 0.15) is 29.3 Å². The van der Waals surface area contributed by atoms with Gasteiger partial charge in [0.15, 0.2) is 0 Å². The molecule has 1 amide bonds. The zero-order chi connectivity index (χ0) is 23.5. The number of aromatic nitrogens is 3.